The maximum absolute atomic E-state index is 14.1. The van der Waals surface area contributed by atoms with E-state index in [1.54, 1.807) is 12.1 Å². The van der Waals surface area contributed by atoms with Crippen LogP contribution < -0.4 is 19.1 Å². The van der Waals surface area contributed by atoms with E-state index in [9.17, 15) is 18.0 Å². The summed E-state index contributed by atoms with van der Waals surface area (Å²) in [6.07, 6.45) is 1.27. The molecule has 11 heteroatoms. The number of benzene rings is 3. The lowest BCUT2D eigenvalue weighted by molar-refractivity contribution is -0.140. The molecule has 3 rings (SSSR count). The summed E-state index contributed by atoms with van der Waals surface area (Å²) in [4.78, 5) is 29.2. The minimum absolute atomic E-state index is 0.0881. The van der Waals surface area contributed by atoms with Crippen molar-refractivity contribution < 1.29 is 27.5 Å². The van der Waals surface area contributed by atoms with Crippen LogP contribution >= 0.6 is 15.9 Å². The number of anilines is 1. The van der Waals surface area contributed by atoms with Gasteiger partial charge in [-0.05, 0) is 49.2 Å². The van der Waals surface area contributed by atoms with E-state index in [4.69, 9.17) is 9.47 Å². The molecule has 3 aromatic rings. The lowest BCUT2D eigenvalue weighted by atomic mass is 10.0. The topological polar surface area (TPSA) is 105 Å². The van der Waals surface area contributed by atoms with Gasteiger partial charge in [0, 0.05) is 29.5 Å². The highest BCUT2D eigenvalue weighted by Crippen LogP contribution is 2.32. The molecule has 0 saturated heterocycles. The number of methoxy groups -OCH3 is 2. The molecular weight excluding hydrogens is 610 g/mol. The van der Waals surface area contributed by atoms with Crippen molar-refractivity contribution in [3.63, 3.8) is 0 Å². The molecule has 0 aliphatic heterocycles. The molecule has 0 fully saturated rings. The molecule has 0 spiro atoms. The molecule has 0 heterocycles. The lowest BCUT2D eigenvalue weighted by Gasteiger charge is -2.34. The van der Waals surface area contributed by atoms with Crippen LogP contribution in [0.2, 0.25) is 0 Å². The van der Waals surface area contributed by atoms with Crippen molar-refractivity contribution in [1.29, 1.82) is 0 Å². The van der Waals surface area contributed by atoms with Crippen molar-refractivity contribution >= 4 is 43.5 Å². The zero-order valence-electron chi connectivity index (χ0n) is 23.8. The molecule has 0 radical (unpaired) electrons. The molecule has 0 saturated carbocycles. The van der Waals surface area contributed by atoms with Crippen LogP contribution in [-0.2, 0) is 32.6 Å². The normalized spacial score (nSPS) is 12.0. The van der Waals surface area contributed by atoms with Crippen LogP contribution in [0.1, 0.15) is 25.0 Å². The highest BCUT2D eigenvalue weighted by Gasteiger charge is 2.33. The quantitative estimate of drug-likeness (QED) is 0.296. The maximum Gasteiger partial charge on any atom is 0.244 e. The highest BCUT2D eigenvalue weighted by molar-refractivity contribution is 9.10. The summed E-state index contributed by atoms with van der Waals surface area (Å²) in [5, 5.41) is 2.93. The Balaban J connectivity index is 2.08. The first-order valence-corrected chi connectivity index (χ1v) is 15.6. The number of hydrogen-bond acceptors (Lipinski definition) is 6. The smallest absolute Gasteiger partial charge is 0.244 e. The van der Waals surface area contributed by atoms with E-state index in [0.717, 1.165) is 26.2 Å². The third-order valence-corrected chi connectivity index (χ3v) is 7.91. The Morgan fingerprint density at radius 1 is 0.902 bits per heavy atom. The van der Waals surface area contributed by atoms with Crippen molar-refractivity contribution in [2.75, 3.05) is 31.3 Å². The van der Waals surface area contributed by atoms with E-state index in [1.807, 2.05) is 68.4 Å². The fourth-order valence-corrected chi connectivity index (χ4v) is 5.65. The van der Waals surface area contributed by atoms with Gasteiger partial charge in [0.05, 0.1) is 26.2 Å². The summed E-state index contributed by atoms with van der Waals surface area (Å²) >= 11 is 3.47. The van der Waals surface area contributed by atoms with Gasteiger partial charge in [0.15, 0.2) is 11.5 Å². The Hall–Kier alpha value is -3.57. The second-order valence-corrected chi connectivity index (χ2v) is 12.7. The SMILES string of the molecule is COc1ccc(N(CC(=O)N(Cc2cccc(Br)c2)C(Cc2ccccc2)C(=O)NC(C)C)S(C)(=O)=O)cc1OC. The van der Waals surface area contributed by atoms with E-state index >= 15 is 0 Å². The standard InChI is InChI=1S/C30H36BrN3O6S/c1-21(2)32-30(36)26(17-22-10-7-6-8-11-22)33(19-23-12-9-13-24(31)16-23)29(35)20-34(41(5,37)38)25-14-15-27(39-3)28(18-25)40-4/h6-16,18,21,26H,17,19-20H2,1-5H3,(H,32,36). The van der Waals surface area contributed by atoms with Crippen molar-refractivity contribution in [1.82, 2.24) is 10.2 Å². The van der Waals surface area contributed by atoms with Crippen LogP contribution in [-0.4, -0.2) is 64.2 Å². The zero-order valence-corrected chi connectivity index (χ0v) is 26.2. The number of carbonyl (C=O) groups is 2. The van der Waals surface area contributed by atoms with Gasteiger partial charge in [-0.2, -0.15) is 0 Å². The first kappa shape index (κ1) is 32.0. The Morgan fingerprint density at radius 2 is 1.56 bits per heavy atom. The van der Waals surface area contributed by atoms with Gasteiger partial charge >= 0.3 is 0 Å². The number of rotatable bonds is 13. The van der Waals surface area contributed by atoms with E-state index in [1.165, 1.54) is 25.2 Å². The van der Waals surface area contributed by atoms with E-state index in [2.05, 4.69) is 21.2 Å². The molecule has 0 aliphatic carbocycles. The monoisotopic (exact) mass is 645 g/mol. The number of nitrogens with one attached hydrogen (secondary N) is 1. The average molecular weight is 647 g/mol. The molecule has 41 heavy (non-hydrogen) atoms. The molecule has 0 bridgehead atoms. The van der Waals surface area contributed by atoms with Crippen LogP contribution in [0.15, 0.2) is 77.3 Å². The average Bonchev–Trinajstić information content (AvgIpc) is 2.92. The number of amides is 2. The fourth-order valence-electron chi connectivity index (χ4n) is 4.36. The molecule has 0 aliphatic rings. The molecule has 1 atom stereocenters. The summed E-state index contributed by atoms with van der Waals surface area (Å²) < 4.78 is 38.4. The van der Waals surface area contributed by atoms with Crippen LogP contribution in [0.25, 0.3) is 0 Å². The fraction of sp³-hybridized carbons (Fsp3) is 0.333. The van der Waals surface area contributed by atoms with E-state index in [-0.39, 0.29) is 30.6 Å². The Bertz CT molecular complexity index is 1450. The molecule has 3 aromatic carbocycles. The Morgan fingerprint density at radius 3 is 2.15 bits per heavy atom. The predicted octanol–water partition coefficient (Wildman–Crippen LogP) is 4.40. The second-order valence-electron chi connectivity index (χ2n) is 9.83. The second kappa shape index (κ2) is 14.4. The molecule has 9 nitrogen and oxygen atoms in total. The number of sulfonamides is 1. The maximum atomic E-state index is 14.1. The van der Waals surface area contributed by atoms with Crippen LogP contribution in [0.4, 0.5) is 5.69 Å². The Kier molecular flexibility index (Phi) is 11.2. The summed E-state index contributed by atoms with van der Waals surface area (Å²) in [6, 6.07) is 20.4. The van der Waals surface area contributed by atoms with Gasteiger partial charge in [-0.1, -0.05) is 58.4 Å². The van der Waals surface area contributed by atoms with Gasteiger partial charge < -0.3 is 19.7 Å². The largest absolute Gasteiger partial charge is 0.493 e. The summed E-state index contributed by atoms with van der Waals surface area (Å²) in [5.41, 5.74) is 1.87. The predicted molar refractivity (Wildman–Crippen MR) is 164 cm³/mol. The first-order chi connectivity index (χ1) is 19.4. The third-order valence-electron chi connectivity index (χ3n) is 6.28. The minimum atomic E-state index is -3.91. The van der Waals surface area contributed by atoms with Crippen molar-refractivity contribution in [3.05, 3.63) is 88.4 Å². The van der Waals surface area contributed by atoms with Gasteiger partial charge in [-0.15, -0.1) is 0 Å². The highest BCUT2D eigenvalue weighted by atomic mass is 79.9. The molecule has 1 N–H and O–H groups in total. The number of hydrogen-bond donors (Lipinski definition) is 1. The summed E-state index contributed by atoms with van der Waals surface area (Å²) in [6.45, 7) is 3.26. The van der Waals surface area contributed by atoms with Gasteiger partial charge in [0.25, 0.3) is 0 Å². The van der Waals surface area contributed by atoms with Gasteiger partial charge in [0.1, 0.15) is 12.6 Å². The first-order valence-electron chi connectivity index (χ1n) is 13.0. The van der Waals surface area contributed by atoms with Gasteiger partial charge in [-0.3, -0.25) is 13.9 Å². The zero-order chi connectivity index (χ0) is 30.2. The van der Waals surface area contributed by atoms with Crippen LogP contribution in [0.5, 0.6) is 11.5 Å². The van der Waals surface area contributed by atoms with Gasteiger partial charge in [0.2, 0.25) is 21.8 Å². The summed E-state index contributed by atoms with van der Waals surface area (Å²) in [7, 11) is -0.993. The van der Waals surface area contributed by atoms with Crippen LogP contribution in [0, 0.1) is 0 Å². The number of ether oxygens (including phenoxy) is 2. The van der Waals surface area contributed by atoms with Crippen molar-refractivity contribution in [2.24, 2.45) is 0 Å². The number of nitrogens with zero attached hydrogens (tertiary/aromatic N) is 2. The molecular formula is C30H36BrN3O6S. The van der Waals surface area contributed by atoms with E-state index in [0.29, 0.717) is 11.5 Å². The van der Waals surface area contributed by atoms with Crippen molar-refractivity contribution in [3.8, 4) is 11.5 Å². The minimum Gasteiger partial charge on any atom is -0.493 e. The van der Waals surface area contributed by atoms with Crippen LogP contribution in [0.3, 0.4) is 0 Å². The third kappa shape index (κ3) is 8.96. The lowest BCUT2D eigenvalue weighted by Crippen LogP contribution is -2.54. The van der Waals surface area contributed by atoms with Crippen molar-refractivity contribution in [2.45, 2.75) is 38.9 Å². The summed E-state index contributed by atoms with van der Waals surface area (Å²) in [5.74, 6) is -0.134. The molecule has 0 aromatic heterocycles. The number of halogens is 1. The molecule has 1 unspecified atom stereocenters. The molecule has 2 amide bonds. The molecule has 220 valence electrons. The van der Waals surface area contributed by atoms with E-state index < -0.39 is 28.5 Å². The van der Waals surface area contributed by atoms with Gasteiger partial charge in [-0.25, -0.2) is 8.42 Å². The Labute approximate surface area is 250 Å². The number of carbonyl (C=O) groups excluding carboxylic acids is 2.